The normalized spacial score (nSPS) is 22.0. The zero-order chi connectivity index (χ0) is 21.2. The van der Waals surface area contributed by atoms with Crippen molar-refractivity contribution in [2.75, 3.05) is 13.1 Å². The molecule has 1 spiro atoms. The van der Waals surface area contributed by atoms with Crippen LogP contribution in [0, 0.1) is 0 Å². The van der Waals surface area contributed by atoms with Gasteiger partial charge in [-0.05, 0) is 31.4 Å². The molecular formula is C23H24FN5O2. The monoisotopic (exact) mass is 421 g/mol. The van der Waals surface area contributed by atoms with Crippen LogP contribution >= 0.6 is 0 Å². The maximum atomic E-state index is 13.9. The Bertz CT molecular complexity index is 1160. The van der Waals surface area contributed by atoms with Crippen LogP contribution < -0.4 is 0 Å². The fourth-order valence-corrected chi connectivity index (χ4v) is 5.20. The number of likely N-dealkylation sites (tertiary alicyclic amines) is 1. The summed E-state index contributed by atoms with van der Waals surface area (Å²) in [6, 6.07) is 9.66. The zero-order valence-electron chi connectivity index (χ0n) is 17.2. The summed E-state index contributed by atoms with van der Waals surface area (Å²) >= 11 is 0. The number of alkyl halides is 1. The average molecular weight is 421 g/mol. The summed E-state index contributed by atoms with van der Waals surface area (Å²) in [5.74, 6) is -0.198. The molecule has 0 bridgehead atoms. The smallest absolute Gasteiger partial charge is 0.272 e. The van der Waals surface area contributed by atoms with Crippen molar-refractivity contribution in [2.45, 2.75) is 50.4 Å². The first-order valence-corrected chi connectivity index (χ1v) is 10.9. The van der Waals surface area contributed by atoms with Crippen molar-refractivity contribution < 1.29 is 14.0 Å². The number of aromatic amines is 2. The minimum absolute atomic E-state index is 0.0849. The number of halogens is 1. The van der Waals surface area contributed by atoms with Crippen LogP contribution in [0.3, 0.4) is 0 Å². The van der Waals surface area contributed by atoms with Gasteiger partial charge >= 0.3 is 0 Å². The quantitative estimate of drug-likeness (QED) is 0.666. The van der Waals surface area contributed by atoms with E-state index in [2.05, 4.69) is 15.2 Å². The molecule has 2 amide bonds. The second kappa shape index (κ2) is 6.67. The van der Waals surface area contributed by atoms with E-state index in [1.54, 1.807) is 4.90 Å². The fourth-order valence-electron chi connectivity index (χ4n) is 5.20. The van der Waals surface area contributed by atoms with E-state index in [1.807, 2.05) is 35.2 Å². The largest absolute Gasteiger partial charge is 0.351 e. The lowest BCUT2D eigenvalue weighted by Gasteiger charge is -2.38. The predicted molar refractivity (Wildman–Crippen MR) is 112 cm³/mol. The highest BCUT2D eigenvalue weighted by Crippen LogP contribution is 2.49. The van der Waals surface area contributed by atoms with Gasteiger partial charge in [0.1, 0.15) is 17.6 Å². The summed E-state index contributed by atoms with van der Waals surface area (Å²) in [5, 5.41) is 8.29. The van der Waals surface area contributed by atoms with Crippen molar-refractivity contribution in [2.24, 2.45) is 0 Å². The molecule has 7 nitrogen and oxygen atoms in total. The number of amides is 2. The number of carbonyl (C=O) groups is 2. The SMILES string of the molecule is O=C(c1cc2ccccc2[nH]1)N1CCc2n[nH]c(C(=O)N3CCC(F)CC34CC4)c2C1. The molecule has 8 heteroatoms. The number of nitrogens with zero attached hydrogens (tertiary/aromatic N) is 3. The lowest BCUT2D eigenvalue weighted by molar-refractivity contribution is 0.0438. The van der Waals surface area contributed by atoms with E-state index in [4.69, 9.17) is 0 Å². The van der Waals surface area contributed by atoms with Gasteiger partial charge < -0.3 is 14.8 Å². The van der Waals surface area contributed by atoms with Crippen molar-refractivity contribution in [1.29, 1.82) is 0 Å². The molecule has 1 saturated heterocycles. The molecule has 1 unspecified atom stereocenters. The number of piperidine rings is 1. The maximum absolute atomic E-state index is 13.9. The standard InChI is InChI=1S/C23H24FN5O2/c24-15-5-10-29(23(12-15)7-8-23)22(31)20-16-13-28(9-6-18(16)26-27-20)21(30)19-11-14-3-1-2-4-17(14)25-19/h1-4,11,15,25H,5-10,12-13H2,(H,26,27). The highest BCUT2D eigenvalue weighted by atomic mass is 19.1. The first-order chi connectivity index (χ1) is 15.0. The molecular weight excluding hydrogens is 397 g/mol. The molecule has 160 valence electrons. The average Bonchev–Trinajstić information content (AvgIpc) is 3.23. The summed E-state index contributed by atoms with van der Waals surface area (Å²) in [4.78, 5) is 33.3. The van der Waals surface area contributed by atoms with Gasteiger partial charge in [0.25, 0.3) is 11.8 Å². The Kier molecular flexibility index (Phi) is 4.00. The predicted octanol–water partition coefficient (Wildman–Crippen LogP) is 3.20. The fraction of sp³-hybridized carbons (Fsp3) is 0.435. The summed E-state index contributed by atoms with van der Waals surface area (Å²) in [7, 11) is 0. The van der Waals surface area contributed by atoms with Gasteiger partial charge in [0.2, 0.25) is 0 Å². The second-order valence-electron chi connectivity index (χ2n) is 9.04. The van der Waals surface area contributed by atoms with E-state index in [0.29, 0.717) is 50.3 Å². The van der Waals surface area contributed by atoms with Gasteiger partial charge in [-0.3, -0.25) is 14.7 Å². The second-order valence-corrected chi connectivity index (χ2v) is 9.04. The Morgan fingerprint density at radius 1 is 1.16 bits per heavy atom. The summed E-state index contributed by atoms with van der Waals surface area (Å²) in [5.41, 5.74) is 3.24. The Balaban J connectivity index is 1.26. The number of nitrogens with one attached hydrogen (secondary N) is 2. The van der Waals surface area contributed by atoms with Gasteiger partial charge in [-0.25, -0.2) is 4.39 Å². The van der Waals surface area contributed by atoms with Gasteiger partial charge in [-0.2, -0.15) is 5.10 Å². The number of para-hydroxylation sites is 1. The van der Waals surface area contributed by atoms with Gasteiger partial charge in [-0.15, -0.1) is 0 Å². The third kappa shape index (κ3) is 2.96. The number of aromatic nitrogens is 3. The molecule has 2 fully saturated rings. The number of H-pyrrole nitrogens is 2. The lowest BCUT2D eigenvalue weighted by Crippen LogP contribution is -2.49. The minimum atomic E-state index is -0.827. The van der Waals surface area contributed by atoms with Crippen LogP contribution in [0.4, 0.5) is 4.39 Å². The summed E-state index contributed by atoms with van der Waals surface area (Å²) in [6.07, 6.45) is 2.31. The van der Waals surface area contributed by atoms with Crippen LogP contribution in [-0.2, 0) is 13.0 Å². The molecule has 1 saturated carbocycles. The first-order valence-electron chi connectivity index (χ1n) is 10.9. The molecule has 1 aromatic carbocycles. The van der Waals surface area contributed by atoms with Crippen molar-refractivity contribution in [3.8, 4) is 0 Å². The minimum Gasteiger partial charge on any atom is -0.351 e. The van der Waals surface area contributed by atoms with Crippen LogP contribution in [0.1, 0.15) is 57.9 Å². The van der Waals surface area contributed by atoms with Crippen LogP contribution in [0.15, 0.2) is 30.3 Å². The molecule has 3 aromatic rings. The maximum Gasteiger partial charge on any atom is 0.272 e. The number of hydrogen-bond acceptors (Lipinski definition) is 3. The van der Waals surface area contributed by atoms with Crippen molar-refractivity contribution in [3.63, 3.8) is 0 Å². The van der Waals surface area contributed by atoms with Gasteiger partial charge in [0.05, 0.1) is 12.2 Å². The van der Waals surface area contributed by atoms with Gasteiger partial charge in [-0.1, -0.05) is 18.2 Å². The van der Waals surface area contributed by atoms with Crippen molar-refractivity contribution >= 4 is 22.7 Å². The molecule has 6 rings (SSSR count). The number of benzene rings is 1. The van der Waals surface area contributed by atoms with Gasteiger partial charge in [0, 0.05) is 47.9 Å². The lowest BCUT2D eigenvalue weighted by atomic mass is 9.96. The Morgan fingerprint density at radius 3 is 2.81 bits per heavy atom. The number of carbonyl (C=O) groups excluding carboxylic acids is 2. The summed E-state index contributed by atoms with van der Waals surface area (Å²) < 4.78 is 13.9. The van der Waals surface area contributed by atoms with Crippen molar-refractivity contribution in [1.82, 2.24) is 25.0 Å². The molecule has 3 aliphatic rings. The topological polar surface area (TPSA) is 85.1 Å². The highest BCUT2D eigenvalue weighted by molar-refractivity contribution is 5.99. The molecule has 4 heterocycles. The van der Waals surface area contributed by atoms with Crippen molar-refractivity contribution in [3.05, 3.63) is 53.0 Å². The molecule has 2 N–H and O–H groups in total. The molecule has 0 radical (unpaired) electrons. The van der Waals surface area contributed by atoms with E-state index in [0.717, 1.165) is 35.0 Å². The van der Waals surface area contributed by atoms with Crippen LogP contribution in [0.2, 0.25) is 0 Å². The third-order valence-corrected chi connectivity index (χ3v) is 7.09. The van der Waals surface area contributed by atoms with E-state index in [-0.39, 0.29) is 17.4 Å². The van der Waals surface area contributed by atoms with E-state index < -0.39 is 6.17 Å². The zero-order valence-corrected chi connectivity index (χ0v) is 17.2. The molecule has 1 atom stereocenters. The Morgan fingerprint density at radius 2 is 2.00 bits per heavy atom. The van der Waals surface area contributed by atoms with E-state index in [1.165, 1.54) is 0 Å². The summed E-state index contributed by atoms with van der Waals surface area (Å²) in [6.45, 7) is 1.33. The van der Waals surface area contributed by atoms with Crippen LogP contribution in [0.5, 0.6) is 0 Å². The van der Waals surface area contributed by atoms with Crippen LogP contribution in [-0.4, -0.2) is 61.6 Å². The number of fused-ring (bicyclic) bond motifs is 2. The highest BCUT2D eigenvalue weighted by Gasteiger charge is 2.54. The molecule has 31 heavy (non-hydrogen) atoms. The molecule has 2 aromatic heterocycles. The van der Waals surface area contributed by atoms with Crippen LogP contribution in [0.25, 0.3) is 10.9 Å². The molecule has 1 aliphatic carbocycles. The van der Waals surface area contributed by atoms with E-state index in [9.17, 15) is 14.0 Å². The first kappa shape index (κ1) is 18.6. The Hall–Kier alpha value is -3.16. The van der Waals surface area contributed by atoms with Gasteiger partial charge in [0.15, 0.2) is 0 Å². The third-order valence-electron chi connectivity index (χ3n) is 7.09. The Labute approximate surface area is 178 Å². The molecule has 2 aliphatic heterocycles. The van der Waals surface area contributed by atoms with E-state index >= 15 is 0 Å². The number of rotatable bonds is 2. The number of hydrogen-bond donors (Lipinski definition) is 2.